The first-order chi connectivity index (χ1) is 13.7. The van der Waals surface area contributed by atoms with Gasteiger partial charge in [0.15, 0.2) is 11.0 Å². The maximum atomic E-state index is 12.5. The van der Waals surface area contributed by atoms with E-state index in [1.165, 1.54) is 37.7 Å². The molecule has 1 amide bonds. The first-order valence-corrected chi connectivity index (χ1v) is 11.6. The molecule has 0 unspecified atom stereocenters. The van der Waals surface area contributed by atoms with Crippen LogP contribution in [0.15, 0.2) is 35.5 Å². The monoisotopic (exact) mass is 398 g/mol. The van der Waals surface area contributed by atoms with Crippen molar-refractivity contribution in [2.45, 2.75) is 62.6 Å². The van der Waals surface area contributed by atoms with Crippen LogP contribution in [0.25, 0.3) is 0 Å². The van der Waals surface area contributed by atoms with Gasteiger partial charge in [-0.3, -0.25) is 4.79 Å². The summed E-state index contributed by atoms with van der Waals surface area (Å²) in [7, 11) is 2.03. The number of thioether (sulfide) groups is 1. The number of amides is 1. The van der Waals surface area contributed by atoms with Crippen LogP contribution in [-0.4, -0.2) is 26.4 Å². The van der Waals surface area contributed by atoms with Crippen molar-refractivity contribution < 1.29 is 4.79 Å². The number of rotatable bonds is 8. The molecule has 0 saturated heterocycles. The summed E-state index contributed by atoms with van der Waals surface area (Å²) in [5, 5.41) is 13.1. The highest BCUT2D eigenvalue weighted by Gasteiger charge is 2.32. The van der Waals surface area contributed by atoms with Gasteiger partial charge in [-0.2, -0.15) is 0 Å². The lowest BCUT2D eigenvalue weighted by atomic mass is 9.91. The van der Waals surface area contributed by atoms with E-state index in [-0.39, 0.29) is 17.9 Å². The predicted molar refractivity (Wildman–Crippen MR) is 112 cm³/mol. The molecule has 6 heteroatoms. The fourth-order valence-electron chi connectivity index (χ4n) is 3.99. The predicted octanol–water partition coefficient (Wildman–Crippen LogP) is 4.30. The van der Waals surface area contributed by atoms with Crippen molar-refractivity contribution in [3.8, 4) is 0 Å². The summed E-state index contributed by atoms with van der Waals surface area (Å²) in [6, 6.07) is 10.2. The Balaban J connectivity index is 1.46. The Bertz CT molecular complexity index is 781. The van der Waals surface area contributed by atoms with E-state index in [0.29, 0.717) is 0 Å². The van der Waals surface area contributed by atoms with Crippen LogP contribution in [0.2, 0.25) is 0 Å². The SMILES string of the molecule is Cn1c(SCC2CCCCC2)nnc1[C@@H](Cc1ccccc1)NC(=O)C1CC1. The topological polar surface area (TPSA) is 59.8 Å². The smallest absolute Gasteiger partial charge is 0.223 e. The van der Waals surface area contributed by atoms with Gasteiger partial charge in [0.05, 0.1) is 6.04 Å². The molecule has 1 atom stereocenters. The second-order valence-electron chi connectivity index (χ2n) is 8.24. The van der Waals surface area contributed by atoms with Gasteiger partial charge < -0.3 is 9.88 Å². The van der Waals surface area contributed by atoms with Gasteiger partial charge in [-0.15, -0.1) is 10.2 Å². The van der Waals surface area contributed by atoms with Crippen molar-refractivity contribution in [1.29, 1.82) is 0 Å². The van der Waals surface area contributed by atoms with Crippen LogP contribution < -0.4 is 5.32 Å². The highest BCUT2D eigenvalue weighted by atomic mass is 32.2. The third kappa shape index (κ3) is 4.96. The largest absolute Gasteiger partial charge is 0.345 e. The second kappa shape index (κ2) is 9.12. The number of hydrogen-bond acceptors (Lipinski definition) is 4. The Morgan fingerprint density at radius 2 is 1.89 bits per heavy atom. The summed E-state index contributed by atoms with van der Waals surface area (Å²) < 4.78 is 2.08. The minimum atomic E-state index is -0.142. The zero-order valence-corrected chi connectivity index (χ0v) is 17.5. The molecule has 1 aromatic heterocycles. The average Bonchev–Trinajstić information content (AvgIpc) is 3.51. The molecule has 1 heterocycles. The number of aromatic nitrogens is 3. The van der Waals surface area contributed by atoms with Crippen LogP contribution in [0.3, 0.4) is 0 Å². The van der Waals surface area contributed by atoms with Crippen molar-refractivity contribution >= 4 is 17.7 Å². The Labute approximate surface area is 171 Å². The third-order valence-electron chi connectivity index (χ3n) is 5.90. The number of nitrogens with one attached hydrogen (secondary N) is 1. The lowest BCUT2D eigenvalue weighted by Crippen LogP contribution is -2.32. The first-order valence-electron chi connectivity index (χ1n) is 10.6. The molecule has 28 heavy (non-hydrogen) atoms. The summed E-state index contributed by atoms with van der Waals surface area (Å²) in [6.07, 6.45) is 9.53. The minimum Gasteiger partial charge on any atom is -0.345 e. The highest BCUT2D eigenvalue weighted by Crippen LogP contribution is 2.32. The fourth-order valence-corrected chi connectivity index (χ4v) is 5.10. The summed E-state index contributed by atoms with van der Waals surface area (Å²) in [6.45, 7) is 0. The Hall–Kier alpha value is -1.82. The molecule has 0 aliphatic heterocycles. The molecule has 4 rings (SSSR count). The van der Waals surface area contributed by atoms with Crippen LogP contribution in [0.1, 0.15) is 62.4 Å². The van der Waals surface area contributed by atoms with Gasteiger partial charge in [0.1, 0.15) is 0 Å². The molecule has 2 fully saturated rings. The number of carbonyl (C=O) groups excluding carboxylic acids is 1. The van der Waals surface area contributed by atoms with Crippen LogP contribution in [0, 0.1) is 11.8 Å². The maximum Gasteiger partial charge on any atom is 0.223 e. The lowest BCUT2D eigenvalue weighted by Gasteiger charge is -2.21. The minimum absolute atomic E-state index is 0.142. The Kier molecular flexibility index (Phi) is 6.35. The summed E-state index contributed by atoms with van der Waals surface area (Å²) in [5.74, 6) is 3.11. The Morgan fingerprint density at radius 3 is 2.61 bits per heavy atom. The van der Waals surface area contributed by atoms with E-state index >= 15 is 0 Å². The number of hydrogen-bond donors (Lipinski definition) is 1. The van der Waals surface area contributed by atoms with Crippen molar-refractivity contribution in [1.82, 2.24) is 20.1 Å². The molecule has 2 aliphatic carbocycles. The molecule has 2 aromatic rings. The molecule has 1 aromatic carbocycles. The third-order valence-corrected chi connectivity index (χ3v) is 7.15. The van der Waals surface area contributed by atoms with E-state index in [1.807, 2.05) is 37.0 Å². The number of benzene rings is 1. The molecule has 2 saturated carbocycles. The van der Waals surface area contributed by atoms with Crippen molar-refractivity contribution in [3.05, 3.63) is 41.7 Å². The van der Waals surface area contributed by atoms with Gasteiger partial charge in [-0.25, -0.2) is 0 Å². The summed E-state index contributed by atoms with van der Waals surface area (Å²) >= 11 is 1.81. The van der Waals surface area contributed by atoms with Gasteiger partial charge in [-0.1, -0.05) is 61.4 Å². The zero-order valence-electron chi connectivity index (χ0n) is 16.6. The highest BCUT2D eigenvalue weighted by molar-refractivity contribution is 7.99. The number of carbonyl (C=O) groups is 1. The lowest BCUT2D eigenvalue weighted by molar-refractivity contribution is -0.123. The average molecular weight is 399 g/mol. The van der Waals surface area contributed by atoms with Crippen molar-refractivity contribution in [2.75, 3.05) is 5.75 Å². The standard InChI is InChI=1S/C22H30N4OS/c1-26-20(24-25-22(26)28-15-17-10-6-3-7-11-17)19(23-21(27)18-12-13-18)14-16-8-4-2-5-9-16/h2,4-5,8-9,17-19H,3,6-7,10-15H2,1H3,(H,23,27)/t19-/m1/s1. The van der Waals surface area contributed by atoms with E-state index in [4.69, 9.17) is 0 Å². The van der Waals surface area contributed by atoms with Crippen LogP contribution in [0.4, 0.5) is 0 Å². The van der Waals surface area contributed by atoms with Gasteiger partial charge in [0, 0.05) is 18.7 Å². The van der Waals surface area contributed by atoms with Gasteiger partial charge in [-0.05, 0) is 43.6 Å². The van der Waals surface area contributed by atoms with Gasteiger partial charge in [0.25, 0.3) is 0 Å². The molecule has 2 aliphatic rings. The van der Waals surface area contributed by atoms with Crippen LogP contribution in [0.5, 0.6) is 0 Å². The quantitative estimate of drug-likeness (QED) is 0.674. The maximum absolute atomic E-state index is 12.5. The first kappa shape index (κ1) is 19.5. The van der Waals surface area contributed by atoms with Gasteiger partial charge >= 0.3 is 0 Å². The van der Waals surface area contributed by atoms with E-state index in [0.717, 1.165) is 41.9 Å². The summed E-state index contributed by atoms with van der Waals surface area (Å²) in [5.41, 5.74) is 1.20. The van der Waals surface area contributed by atoms with Crippen molar-refractivity contribution in [2.24, 2.45) is 18.9 Å². The second-order valence-corrected chi connectivity index (χ2v) is 9.23. The normalized spacial score (nSPS) is 18.8. The number of nitrogens with zero attached hydrogens (tertiary/aromatic N) is 3. The Morgan fingerprint density at radius 1 is 1.14 bits per heavy atom. The van der Waals surface area contributed by atoms with Crippen LogP contribution >= 0.6 is 11.8 Å². The van der Waals surface area contributed by atoms with E-state index in [2.05, 4.69) is 32.2 Å². The molecule has 150 valence electrons. The molecular weight excluding hydrogens is 368 g/mol. The molecular formula is C22H30N4OS. The van der Waals surface area contributed by atoms with E-state index in [1.54, 1.807) is 0 Å². The van der Waals surface area contributed by atoms with Gasteiger partial charge in [0.2, 0.25) is 5.91 Å². The molecule has 0 spiro atoms. The molecule has 0 radical (unpaired) electrons. The van der Waals surface area contributed by atoms with Crippen molar-refractivity contribution in [3.63, 3.8) is 0 Å². The van der Waals surface area contributed by atoms with E-state index in [9.17, 15) is 4.79 Å². The molecule has 5 nitrogen and oxygen atoms in total. The fraction of sp³-hybridized carbons (Fsp3) is 0.591. The molecule has 0 bridgehead atoms. The molecule has 1 N–H and O–H groups in total. The zero-order chi connectivity index (χ0) is 19.3. The summed E-state index contributed by atoms with van der Waals surface area (Å²) in [4.78, 5) is 12.5. The van der Waals surface area contributed by atoms with Crippen LogP contribution in [-0.2, 0) is 18.3 Å². The van der Waals surface area contributed by atoms with E-state index < -0.39 is 0 Å².